The van der Waals surface area contributed by atoms with Gasteiger partial charge in [0.1, 0.15) is 23.5 Å². The van der Waals surface area contributed by atoms with Crippen molar-refractivity contribution in [1.29, 1.82) is 0 Å². The largest absolute Gasteiger partial charge is 0.497 e. The number of rotatable bonds is 8. The van der Waals surface area contributed by atoms with Gasteiger partial charge in [-0.25, -0.2) is 9.97 Å². The molecule has 3 rings (SSSR count). The number of hydrogen-bond acceptors (Lipinski definition) is 9. The number of para-hydroxylation sites is 1. The molecule has 2 amide bonds. The van der Waals surface area contributed by atoms with E-state index < -0.39 is 11.8 Å². The maximum absolute atomic E-state index is 12.4. The minimum absolute atomic E-state index is 0.0813. The highest BCUT2D eigenvalue weighted by molar-refractivity contribution is 5.98. The van der Waals surface area contributed by atoms with Gasteiger partial charge in [-0.3, -0.25) is 31.3 Å². The number of methoxy groups -OCH3 is 2. The fourth-order valence-electron chi connectivity index (χ4n) is 2.54. The number of nitrogens with one attached hydrogen (secondary N) is 4. The molecule has 0 radical (unpaired) electrons. The summed E-state index contributed by atoms with van der Waals surface area (Å²) < 4.78 is 10.2. The number of nitrogens with zero attached hydrogens (tertiary/aromatic N) is 2. The molecule has 0 spiro atoms. The summed E-state index contributed by atoms with van der Waals surface area (Å²) in [7, 11) is 3.01. The van der Waals surface area contributed by atoms with Crippen molar-refractivity contribution in [2.24, 2.45) is 0 Å². The minimum Gasteiger partial charge on any atom is -0.497 e. The zero-order valence-electron chi connectivity index (χ0n) is 16.8. The Hall–Kier alpha value is -4.54. The second kappa shape index (κ2) is 9.78. The molecule has 11 heteroatoms. The van der Waals surface area contributed by atoms with Gasteiger partial charge in [0.25, 0.3) is 11.8 Å². The Morgan fingerprint density at radius 1 is 0.839 bits per heavy atom. The van der Waals surface area contributed by atoms with Crippen LogP contribution < -0.4 is 36.9 Å². The summed E-state index contributed by atoms with van der Waals surface area (Å²) in [6, 6.07) is 13.3. The monoisotopic (exact) mass is 423 g/mol. The van der Waals surface area contributed by atoms with Gasteiger partial charge in [0.2, 0.25) is 0 Å². The van der Waals surface area contributed by atoms with Gasteiger partial charge in [-0.1, -0.05) is 12.1 Å². The Labute approximate surface area is 177 Å². The Morgan fingerprint density at radius 2 is 1.45 bits per heavy atom. The van der Waals surface area contributed by atoms with Crippen LogP contribution in [0, 0.1) is 0 Å². The van der Waals surface area contributed by atoms with Gasteiger partial charge in [-0.15, -0.1) is 0 Å². The van der Waals surface area contributed by atoms with E-state index in [1.807, 2.05) is 0 Å². The van der Waals surface area contributed by atoms with Crippen LogP contribution in [-0.4, -0.2) is 36.0 Å². The summed E-state index contributed by atoms with van der Waals surface area (Å²) in [6.45, 7) is 0. The van der Waals surface area contributed by atoms with Crippen molar-refractivity contribution in [2.45, 2.75) is 0 Å². The topological polar surface area (TPSA) is 153 Å². The Balaban J connectivity index is 1.63. The predicted octanol–water partition coefficient (Wildman–Crippen LogP) is 1.59. The number of aromatic nitrogens is 2. The number of hydrazine groups is 2. The molecule has 2 aromatic carbocycles. The van der Waals surface area contributed by atoms with Gasteiger partial charge in [0.05, 0.1) is 19.8 Å². The number of carbonyl (C=O) groups excluding carboxylic acids is 2. The predicted molar refractivity (Wildman–Crippen MR) is 115 cm³/mol. The van der Waals surface area contributed by atoms with E-state index in [2.05, 4.69) is 31.7 Å². The maximum atomic E-state index is 12.4. The lowest BCUT2D eigenvalue weighted by atomic mass is 10.2. The first-order valence-corrected chi connectivity index (χ1v) is 9.03. The highest BCUT2D eigenvalue weighted by Gasteiger charge is 2.14. The molecule has 0 unspecified atom stereocenters. The lowest BCUT2D eigenvalue weighted by Gasteiger charge is -2.14. The van der Waals surface area contributed by atoms with Crippen molar-refractivity contribution >= 4 is 29.1 Å². The van der Waals surface area contributed by atoms with Crippen molar-refractivity contribution in [3.05, 3.63) is 66.0 Å². The third-order valence-electron chi connectivity index (χ3n) is 4.18. The third kappa shape index (κ3) is 5.09. The highest BCUT2D eigenvalue weighted by Crippen LogP contribution is 2.22. The number of anilines is 3. The number of benzene rings is 2. The zero-order chi connectivity index (χ0) is 22.2. The first-order valence-electron chi connectivity index (χ1n) is 9.03. The second-order valence-corrected chi connectivity index (χ2v) is 6.07. The molecule has 0 saturated carbocycles. The maximum Gasteiger partial charge on any atom is 0.273 e. The third-order valence-corrected chi connectivity index (χ3v) is 4.18. The summed E-state index contributed by atoms with van der Waals surface area (Å²) in [5, 5.41) is 0. The van der Waals surface area contributed by atoms with Crippen LogP contribution in [0.3, 0.4) is 0 Å². The van der Waals surface area contributed by atoms with Crippen molar-refractivity contribution < 1.29 is 19.1 Å². The van der Waals surface area contributed by atoms with E-state index in [-0.39, 0.29) is 17.3 Å². The molecule has 0 saturated heterocycles. The van der Waals surface area contributed by atoms with E-state index in [1.165, 1.54) is 13.4 Å². The summed E-state index contributed by atoms with van der Waals surface area (Å²) in [5.41, 5.74) is 17.1. The molecule has 1 aromatic heterocycles. The smallest absolute Gasteiger partial charge is 0.273 e. The molecule has 1 heterocycles. The fraction of sp³-hybridized carbons (Fsp3) is 0.100. The van der Waals surface area contributed by atoms with E-state index in [0.29, 0.717) is 22.6 Å². The molecule has 0 fully saturated rings. The number of nitrogens with two attached hydrogens (primary N) is 1. The van der Waals surface area contributed by atoms with Crippen LogP contribution in [0.2, 0.25) is 0 Å². The average molecular weight is 423 g/mol. The standard InChI is InChI=1S/C20H21N7O4/c1-30-13-9-7-12(8-10-13)19(28)26-24-17-16(21)18(23-11-22-17)25-27-20(29)14-5-3-4-6-15(14)31-2/h3-11H,21H2,1-2H3,(H,26,28)(H,27,29)(H2,22,23,24,25). The van der Waals surface area contributed by atoms with Gasteiger partial charge in [-0.05, 0) is 36.4 Å². The van der Waals surface area contributed by atoms with Crippen LogP contribution in [0.4, 0.5) is 17.3 Å². The molecule has 0 aliphatic heterocycles. The van der Waals surface area contributed by atoms with Crippen molar-refractivity contribution in [2.75, 3.05) is 30.8 Å². The molecular formula is C20H21N7O4. The summed E-state index contributed by atoms with van der Waals surface area (Å²) >= 11 is 0. The van der Waals surface area contributed by atoms with E-state index in [0.717, 1.165) is 0 Å². The molecular weight excluding hydrogens is 402 g/mol. The summed E-state index contributed by atoms with van der Waals surface area (Å²) in [5.74, 6) is 0.485. The molecule has 3 aromatic rings. The number of ether oxygens (including phenoxy) is 2. The quantitative estimate of drug-likeness (QED) is 0.340. The number of hydrogen-bond donors (Lipinski definition) is 5. The van der Waals surface area contributed by atoms with E-state index in [1.54, 1.807) is 55.6 Å². The Morgan fingerprint density at radius 3 is 2.06 bits per heavy atom. The van der Waals surface area contributed by atoms with Gasteiger partial charge in [-0.2, -0.15) is 0 Å². The van der Waals surface area contributed by atoms with Gasteiger partial charge >= 0.3 is 0 Å². The van der Waals surface area contributed by atoms with Gasteiger partial charge < -0.3 is 15.2 Å². The van der Waals surface area contributed by atoms with Crippen LogP contribution in [0.5, 0.6) is 11.5 Å². The number of amides is 2. The second-order valence-electron chi connectivity index (χ2n) is 6.07. The Bertz CT molecular complexity index is 1070. The van der Waals surface area contributed by atoms with Crippen LogP contribution in [0.25, 0.3) is 0 Å². The molecule has 0 bridgehead atoms. The van der Waals surface area contributed by atoms with Crippen LogP contribution >= 0.6 is 0 Å². The molecule has 0 aliphatic carbocycles. The van der Waals surface area contributed by atoms with Crippen molar-refractivity contribution in [1.82, 2.24) is 20.8 Å². The molecule has 11 nitrogen and oxygen atoms in total. The Kier molecular flexibility index (Phi) is 6.68. The summed E-state index contributed by atoms with van der Waals surface area (Å²) in [6.07, 6.45) is 1.22. The minimum atomic E-state index is -0.447. The first kappa shape index (κ1) is 21.2. The molecule has 0 atom stereocenters. The fourth-order valence-corrected chi connectivity index (χ4v) is 2.54. The van der Waals surface area contributed by atoms with Crippen LogP contribution in [0.15, 0.2) is 54.9 Å². The molecule has 6 N–H and O–H groups in total. The normalized spacial score (nSPS) is 10.0. The SMILES string of the molecule is COc1ccc(C(=O)NNc2ncnc(NNC(=O)c3ccccc3OC)c2N)cc1. The average Bonchev–Trinajstić information content (AvgIpc) is 2.82. The molecule has 0 aliphatic rings. The van der Waals surface area contributed by atoms with Gasteiger partial charge in [0.15, 0.2) is 11.6 Å². The molecule has 31 heavy (non-hydrogen) atoms. The molecule has 160 valence electrons. The van der Waals surface area contributed by atoms with Crippen LogP contribution in [-0.2, 0) is 0 Å². The first-order chi connectivity index (χ1) is 15.0. The lowest BCUT2D eigenvalue weighted by molar-refractivity contribution is 0.0953. The zero-order valence-corrected chi connectivity index (χ0v) is 16.8. The number of carbonyl (C=O) groups is 2. The van der Waals surface area contributed by atoms with E-state index >= 15 is 0 Å². The van der Waals surface area contributed by atoms with Crippen molar-refractivity contribution in [3.8, 4) is 11.5 Å². The summed E-state index contributed by atoms with van der Waals surface area (Å²) in [4.78, 5) is 32.6. The van der Waals surface area contributed by atoms with E-state index in [9.17, 15) is 9.59 Å². The van der Waals surface area contributed by atoms with Gasteiger partial charge in [0, 0.05) is 5.56 Å². The van der Waals surface area contributed by atoms with Crippen molar-refractivity contribution in [3.63, 3.8) is 0 Å². The van der Waals surface area contributed by atoms with E-state index in [4.69, 9.17) is 15.2 Å². The van der Waals surface area contributed by atoms with Crippen LogP contribution in [0.1, 0.15) is 20.7 Å². The lowest BCUT2D eigenvalue weighted by Crippen LogP contribution is -2.32. The highest BCUT2D eigenvalue weighted by atomic mass is 16.5. The number of nitrogen functional groups attached to an aromatic ring is 1.